The molecular formula is C24H23N3O2S2. The molecule has 0 bridgehead atoms. The van der Waals surface area contributed by atoms with Crippen LogP contribution in [0.2, 0.25) is 0 Å². The lowest BCUT2D eigenvalue weighted by molar-refractivity contribution is 0.0712. The van der Waals surface area contributed by atoms with Crippen molar-refractivity contribution >= 4 is 38.8 Å². The van der Waals surface area contributed by atoms with Gasteiger partial charge in [0.2, 0.25) is 0 Å². The van der Waals surface area contributed by atoms with E-state index in [1.807, 2.05) is 47.5 Å². The molecule has 2 aromatic heterocycles. The molecule has 4 aromatic rings. The number of rotatable bonds is 5. The molecule has 0 spiro atoms. The maximum absolute atomic E-state index is 13.1. The highest BCUT2D eigenvalue weighted by atomic mass is 32.1. The van der Waals surface area contributed by atoms with Crippen LogP contribution in [0.1, 0.15) is 44.8 Å². The molecule has 7 heteroatoms. The molecule has 0 radical (unpaired) electrons. The number of carbonyl (C=O) groups is 1. The van der Waals surface area contributed by atoms with Crippen molar-refractivity contribution in [2.45, 2.75) is 32.3 Å². The third kappa shape index (κ3) is 4.48. The Morgan fingerprint density at radius 2 is 1.97 bits per heavy atom. The highest BCUT2D eigenvalue weighted by molar-refractivity contribution is 7.18. The maximum Gasteiger partial charge on any atom is 0.253 e. The molecule has 0 N–H and O–H groups in total. The molecule has 31 heavy (non-hydrogen) atoms. The van der Waals surface area contributed by atoms with Crippen LogP contribution in [0.25, 0.3) is 10.2 Å². The van der Waals surface area contributed by atoms with Gasteiger partial charge in [0.15, 0.2) is 0 Å². The lowest BCUT2D eigenvalue weighted by Gasteiger charge is -2.31. The first-order valence-corrected chi connectivity index (χ1v) is 12.1. The molecule has 1 aliphatic heterocycles. The van der Waals surface area contributed by atoms with Crippen LogP contribution in [-0.2, 0) is 6.61 Å². The average Bonchev–Trinajstić information content (AvgIpc) is 3.43. The SMILES string of the molecule is Cc1nc(COc2cccc(C(=O)N3CCC(c4nc5ccccc5s4)CC3)c2)cs1. The number of nitrogens with zero attached hydrogens (tertiary/aromatic N) is 3. The number of hydrogen-bond donors (Lipinski definition) is 0. The zero-order valence-corrected chi connectivity index (χ0v) is 18.9. The lowest BCUT2D eigenvalue weighted by Crippen LogP contribution is -2.37. The molecule has 158 valence electrons. The van der Waals surface area contributed by atoms with Crippen LogP contribution in [-0.4, -0.2) is 33.9 Å². The fraction of sp³-hybridized carbons (Fsp3) is 0.292. The van der Waals surface area contributed by atoms with Gasteiger partial charge in [-0.3, -0.25) is 4.79 Å². The fourth-order valence-electron chi connectivity index (χ4n) is 3.93. The summed E-state index contributed by atoms with van der Waals surface area (Å²) in [7, 11) is 0. The van der Waals surface area contributed by atoms with E-state index in [-0.39, 0.29) is 5.91 Å². The minimum Gasteiger partial charge on any atom is -0.487 e. The van der Waals surface area contributed by atoms with Gasteiger partial charge in [0.1, 0.15) is 12.4 Å². The number of hydrogen-bond acceptors (Lipinski definition) is 6. The van der Waals surface area contributed by atoms with Gasteiger partial charge in [-0.25, -0.2) is 9.97 Å². The predicted molar refractivity (Wildman–Crippen MR) is 125 cm³/mol. The first-order valence-electron chi connectivity index (χ1n) is 10.4. The van der Waals surface area contributed by atoms with E-state index in [2.05, 4.69) is 23.2 Å². The zero-order chi connectivity index (χ0) is 21.2. The van der Waals surface area contributed by atoms with E-state index < -0.39 is 0 Å². The van der Waals surface area contributed by atoms with Gasteiger partial charge in [-0.1, -0.05) is 18.2 Å². The molecule has 1 fully saturated rings. The second-order valence-corrected chi connectivity index (χ2v) is 9.89. The van der Waals surface area contributed by atoms with Crippen LogP contribution in [0.5, 0.6) is 5.75 Å². The molecule has 1 saturated heterocycles. The number of likely N-dealkylation sites (tertiary alicyclic amines) is 1. The van der Waals surface area contributed by atoms with E-state index in [4.69, 9.17) is 9.72 Å². The topological polar surface area (TPSA) is 55.3 Å². The zero-order valence-electron chi connectivity index (χ0n) is 17.3. The number of ether oxygens (including phenoxy) is 1. The number of amides is 1. The standard InChI is InChI=1S/C24H23N3O2S2/c1-16-25-19(15-30-16)14-29-20-6-4-5-18(13-20)24(28)27-11-9-17(10-12-27)23-26-21-7-2-3-8-22(21)31-23/h2-8,13,15,17H,9-12,14H2,1H3. The summed E-state index contributed by atoms with van der Waals surface area (Å²) >= 11 is 3.39. The summed E-state index contributed by atoms with van der Waals surface area (Å²) in [6.07, 6.45) is 1.90. The summed E-state index contributed by atoms with van der Waals surface area (Å²) in [5.41, 5.74) is 2.66. The second kappa shape index (κ2) is 8.77. The first kappa shape index (κ1) is 20.2. The summed E-state index contributed by atoms with van der Waals surface area (Å²) in [6.45, 7) is 3.90. The summed E-state index contributed by atoms with van der Waals surface area (Å²) < 4.78 is 7.09. The van der Waals surface area contributed by atoms with E-state index in [1.54, 1.807) is 22.7 Å². The molecule has 0 aliphatic carbocycles. The first-order chi connectivity index (χ1) is 15.2. The molecule has 5 nitrogen and oxygen atoms in total. The van der Waals surface area contributed by atoms with Gasteiger partial charge < -0.3 is 9.64 Å². The normalized spacial score (nSPS) is 14.8. The molecule has 0 atom stereocenters. The Hall–Kier alpha value is -2.77. The minimum atomic E-state index is 0.0673. The number of para-hydroxylation sites is 1. The van der Waals surface area contributed by atoms with Crippen LogP contribution in [0.4, 0.5) is 0 Å². The Labute approximate surface area is 189 Å². The summed E-state index contributed by atoms with van der Waals surface area (Å²) in [4.78, 5) is 24.2. The van der Waals surface area contributed by atoms with E-state index in [9.17, 15) is 4.79 Å². The van der Waals surface area contributed by atoms with Gasteiger partial charge in [-0.05, 0) is 50.1 Å². The minimum absolute atomic E-state index is 0.0673. The Morgan fingerprint density at radius 1 is 1.13 bits per heavy atom. The Balaban J connectivity index is 1.21. The Kier molecular flexibility index (Phi) is 5.70. The van der Waals surface area contributed by atoms with Crippen molar-refractivity contribution in [3.63, 3.8) is 0 Å². The smallest absolute Gasteiger partial charge is 0.253 e. The number of benzene rings is 2. The molecule has 2 aromatic carbocycles. The van der Waals surface area contributed by atoms with Crippen LogP contribution in [0.3, 0.4) is 0 Å². The molecule has 0 unspecified atom stereocenters. The third-order valence-corrected chi connectivity index (χ3v) is 7.60. The van der Waals surface area contributed by atoms with Crippen LogP contribution >= 0.6 is 22.7 Å². The van der Waals surface area contributed by atoms with Gasteiger partial charge in [-0.15, -0.1) is 22.7 Å². The molecule has 1 amide bonds. The Morgan fingerprint density at radius 3 is 2.74 bits per heavy atom. The van der Waals surface area contributed by atoms with Gasteiger partial charge in [0.05, 0.1) is 25.9 Å². The maximum atomic E-state index is 13.1. The van der Waals surface area contributed by atoms with Crippen molar-refractivity contribution < 1.29 is 9.53 Å². The van der Waals surface area contributed by atoms with Gasteiger partial charge >= 0.3 is 0 Å². The number of carbonyl (C=O) groups excluding carboxylic acids is 1. The third-order valence-electron chi connectivity index (χ3n) is 5.58. The highest BCUT2D eigenvalue weighted by Crippen LogP contribution is 2.34. The van der Waals surface area contributed by atoms with Crippen molar-refractivity contribution in [3.05, 3.63) is 75.2 Å². The highest BCUT2D eigenvalue weighted by Gasteiger charge is 2.26. The fourth-order valence-corrected chi connectivity index (χ4v) is 5.66. The van der Waals surface area contributed by atoms with Crippen molar-refractivity contribution in [1.82, 2.24) is 14.9 Å². The van der Waals surface area contributed by atoms with E-state index in [1.165, 1.54) is 9.71 Å². The predicted octanol–water partition coefficient (Wildman–Crippen LogP) is 5.66. The Bertz CT molecular complexity index is 1180. The monoisotopic (exact) mass is 449 g/mol. The number of piperidine rings is 1. The summed E-state index contributed by atoms with van der Waals surface area (Å²) in [5, 5.41) is 4.22. The number of thiazole rings is 2. The summed E-state index contributed by atoms with van der Waals surface area (Å²) in [6, 6.07) is 15.7. The van der Waals surface area contributed by atoms with E-state index in [0.29, 0.717) is 23.8 Å². The second-order valence-electron chi connectivity index (χ2n) is 7.76. The number of aromatic nitrogens is 2. The summed E-state index contributed by atoms with van der Waals surface area (Å²) in [5.74, 6) is 1.19. The molecule has 5 rings (SSSR count). The largest absolute Gasteiger partial charge is 0.487 e. The molecular weight excluding hydrogens is 426 g/mol. The van der Waals surface area contributed by atoms with Crippen LogP contribution < -0.4 is 4.74 Å². The van der Waals surface area contributed by atoms with Gasteiger partial charge in [-0.2, -0.15) is 0 Å². The van der Waals surface area contributed by atoms with E-state index >= 15 is 0 Å². The van der Waals surface area contributed by atoms with Crippen molar-refractivity contribution in [3.8, 4) is 5.75 Å². The molecule has 0 saturated carbocycles. The quantitative estimate of drug-likeness (QED) is 0.394. The van der Waals surface area contributed by atoms with Crippen molar-refractivity contribution in [2.75, 3.05) is 13.1 Å². The van der Waals surface area contributed by atoms with Crippen LogP contribution in [0.15, 0.2) is 53.9 Å². The lowest BCUT2D eigenvalue weighted by atomic mass is 9.97. The van der Waals surface area contributed by atoms with Crippen LogP contribution in [0, 0.1) is 6.92 Å². The van der Waals surface area contributed by atoms with Crippen molar-refractivity contribution in [1.29, 1.82) is 0 Å². The number of fused-ring (bicyclic) bond motifs is 1. The molecule has 3 heterocycles. The average molecular weight is 450 g/mol. The van der Waals surface area contributed by atoms with Gasteiger partial charge in [0, 0.05) is 30.0 Å². The van der Waals surface area contributed by atoms with E-state index in [0.717, 1.165) is 42.1 Å². The van der Waals surface area contributed by atoms with Gasteiger partial charge in [0.25, 0.3) is 5.91 Å². The van der Waals surface area contributed by atoms with Crippen molar-refractivity contribution in [2.24, 2.45) is 0 Å². The molecule has 1 aliphatic rings. The number of aryl methyl sites for hydroxylation is 1.